The van der Waals surface area contributed by atoms with Crippen molar-refractivity contribution in [2.75, 3.05) is 26.2 Å². The Labute approximate surface area is 112 Å². The lowest BCUT2D eigenvalue weighted by Gasteiger charge is -2.26. The molecular formula is C14H20N2O3. The lowest BCUT2D eigenvalue weighted by Crippen LogP contribution is -2.37. The van der Waals surface area contributed by atoms with E-state index in [0.29, 0.717) is 6.54 Å². The van der Waals surface area contributed by atoms with Crippen molar-refractivity contribution >= 4 is 5.91 Å². The van der Waals surface area contributed by atoms with E-state index >= 15 is 0 Å². The van der Waals surface area contributed by atoms with Crippen molar-refractivity contribution in [3.63, 3.8) is 0 Å². The van der Waals surface area contributed by atoms with Crippen molar-refractivity contribution in [3.8, 4) is 11.5 Å². The first-order valence-corrected chi connectivity index (χ1v) is 6.69. The van der Waals surface area contributed by atoms with Gasteiger partial charge in [-0.15, -0.1) is 0 Å². The van der Waals surface area contributed by atoms with Gasteiger partial charge in [0.05, 0.1) is 0 Å². The zero-order valence-corrected chi connectivity index (χ0v) is 10.9. The quantitative estimate of drug-likeness (QED) is 0.766. The SMILES string of the molecule is O=C(NCCN1CCCCC1)c1cc(O)cc(O)c1. The van der Waals surface area contributed by atoms with Crippen LogP contribution in [0.15, 0.2) is 18.2 Å². The van der Waals surface area contributed by atoms with E-state index in [0.717, 1.165) is 19.6 Å². The Morgan fingerprint density at radius 3 is 2.37 bits per heavy atom. The third-order valence-electron chi connectivity index (χ3n) is 3.33. The lowest BCUT2D eigenvalue weighted by atomic mass is 10.1. The highest BCUT2D eigenvalue weighted by Gasteiger charge is 2.11. The molecule has 1 heterocycles. The van der Waals surface area contributed by atoms with Gasteiger partial charge in [0, 0.05) is 24.7 Å². The van der Waals surface area contributed by atoms with Crippen molar-refractivity contribution in [1.29, 1.82) is 0 Å². The third-order valence-corrected chi connectivity index (χ3v) is 3.33. The van der Waals surface area contributed by atoms with Crippen molar-refractivity contribution in [1.82, 2.24) is 10.2 Å². The maximum atomic E-state index is 11.8. The molecule has 5 heteroatoms. The number of rotatable bonds is 4. The Balaban J connectivity index is 1.80. The van der Waals surface area contributed by atoms with E-state index in [4.69, 9.17) is 0 Å². The number of hydrogen-bond acceptors (Lipinski definition) is 4. The fourth-order valence-electron chi connectivity index (χ4n) is 2.34. The van der Waals surface area contributed by atoms with Crippen LogP contribution in [0, 0.1) is 0 Å². The molecule has 0 aliphatic carbocycles. The first kappa shape index (κ1) is 13.7. The molecule has 0 spiro atoms. The predicted molar refractivity (Wildman–Crippen MR) is 72.4 cm³/mol. The predicted octanol–water partition coefficient (Wildman–Crippen LogP) is 1.31. The molecule has 3 N–H and O–H groups in total. The highest BCUT2D eigenvalue weighted by Crippen LogP contribution is 2.20. The summed E-state index contributed by atoms with van der Waals surface area (Å²) in [5.74, 6) is -0.495. The molecular weight excluding hydrogens is 244 g/mol. The number of carbonyl (C=O) groups is 1. The Hall–Kier alpha value is -1.75. The lowest BCUT2D eigenvalue weighted by molar-refractivity contribution is 0.0945. The first-order valence-electron chi connectivity index (χ1n) is 6.69. The van der Waals surface area contributed by atoms with E-state index < -0.39 is 0 Å². The summed E-state index contributed by atoms with van der Waals surface area (Å²) in [6.07, 6.45) is 3.76. The largest absolute Gasteiger partial charge is 0.508 e. The minimum atomic E-state index is -0.275. The summed E-state index contributed by atoms with van der Waals surface area (Å²) in [4.78, 5) is 14.2. The average Bonchev–Trinajstić information content (AvgIpc) is 2.38. The summed E-state index contributed by atoms with van der Waals surface area (Å²) in [5, 5.41) is 21.4. The monoisotopic (exact) mass is 264 g/mol. The smallest absolute Gasteiger partial charge is 0.251 e. The van der Waals surface area contributed by atoms with Gasteiger partial charge in [0.25, 0.3) is 5.91 Å². The highest BCUT2D eigenvalue weighted by atomic mass is 16.3. The van der Waals surface area contributed by atoms with E-state index in [1.54, 1.807) is 0 Å². The van der Waals surface area contributed by atoms with Crippen LogP contribution >= 0.6 is 0 Å². The number of benzene rings is 1. The molecule has 104 valence electrons. The number of hydrogen-bond donors (Lipinski definition) is 3. The molecule has 0 atom stereocenters. The number of likely N-dealkylation sites (tertiary alicyclic amines) is 1. The highest BCUT2D eigenvalue weighted by molar-refractivity contribution is 5.95. The van der Waals surface area contributed by atoms with Crippen LogP contribution in [0.25, 0.3) is 0 Å². The van der Waals surface area contributed by atoms with Crippen LogP contribution in [0.5, 0.6) is 11.5 Å². The molecule has 0 unspecified atom stereocenters. The third kappa shape index (κ3) is 4.13. The second kappa shape index (κ2) is 6.43. The Morgan fingerprint density at radius 2 is 1.74 bits per heavy atom. The topological polar surface area (TPSA) is 72.8 Å². The van der Waals surface area contributed by atoms with Crippen molar-refractivity contribution in [3.05, 3.63) is 23.8 Å². The van der Waals surface area contributed by atoms with Gasteiger partial charge in [-0.05, 0) is 38.1 Å². The number of aromatic hydroxyl groups is 2. The number of phenols is 2. The van der Waals surface area contributed by atoms with Crippen molar-refractivity contribution < 1.29 is 15.0 Å². The second-order valence-electron chi connectivity index (χ2n) is 4.90. The number of phenolic OH excluding ortho intramolecular Hbond substituents is 2. The van der Waals surface area contributed by atoms with Gasteiger partial charge in [-0.25, -0.2) is 0 Å². The summed E-state index contributed by atoms with van der Waals surface area (Å²) >= 11 is 0. The second-order valence-corrected chi connectivity index (χ2v) is 4.90. The number of carbonyl (C=O) groups excluding carboxylic acids is 1. The standard InChI is InChI=1S/C14H20N2O3/c17-12-8-11(9-13(18)10-12)14(19)15-4-7-16-5-2-1-3-6-16/h8-10,17-18H,1-7H2,(H,15,19). The van der Waals surface area contributed by atoms with Gasteiger partial charge in [0.1, 0.15) is 11.5 Å². The number of nitrogens with one attached hydrogen (secondary N) is 1. The van der Waals surface area contributed by atoms with Crippen LogP contribution in [0.1, 0.15) is 29.6 Å². The van der Waals surface area contributed by atoms with Gasteiger partial charge in [0.2, 0.25) is 0 Å². The zero-order chi connectivity index (χ0) is 13.7. The molecule has 5 nitrogen and oxygen atoms in total. The van der Waals surface area contributed by atoms with Gasteiger partial charge >= 0.3 is 0 Å². The average molecular weight is 264 g/mol. The van der Waals surface area contributed by atoms with Gasteiger partial charge in [-0.2, -0.15) is 0 Å². The molecule has 2 rings (SSSR count). The molecule has 1 aromatic rings. The Morgan fingerprint density at radius 1 is 1.11 bits per heavy atom. The van der Waals surface area contributed by atoms with E-state index in [2.05, 4.69) is 10.2 Å². The summed E-state index contributed by atoms with van der Waals surface area (Å²) < 4.78 is 0. The summed E-state index contributed by atoms with van der Waals surface area (Å²) in [5.41, 5.74) is 0.274. The molecule has 1 amide bonds. The number of nitrogens with zero attached hydrogens (tertiary/aromatic N) is 1. The van der Waals surface area contributed by atoms with Crippen LogP contribution in [-0.4, -0.2) is 47.2 Å². The Kier molecular flexibility index (Phi) is 4.63. The molecule has 0 radical (unpaired) electrons. The summed E-state index contributed by atoms with van der Waals surface area (Å²) in [7, 11) is 0. The fourth-order valence-corrected chi connectivity index (χ4v) is 2.34. The maximum Gasteiger partial charge on any atom is 0.251 e. The maximum absolute atomic E-state index is 11.8. The van der Waals surface area contributed by atoms with Gasteiger partial charge in [0.15, 0.2) is 0 Å². The number of piperidine rings is 1. The normalized spacial score (nSPS) is 16.2. The van der Waals surface area contributed by atoms with Crippen molar-refractivity contribution in [2.24, 2.45) is 0 Å². The minimum Gasteiger partial charge on any atom is -0.508 e. The molecule has 0 saturated carbocycles. The summed E-state index contributed by atoms with van der Waals surface area (Å²) in [6.45, 7) is 3.62. The van der Waals surface area contributed by atoms with E-state index in [-0.39, 0.29) is 23.0 Å². The minimum absolute atomic E-state index is 0.110. The fraction of sp³-hybridized carbons (Fsp3) is 0.500. The van der Waals surface area contributed by atoms with Gasteiger partial charge < -0.3 is 20.4 Å². The summed E-state index contributed by atoms with van der Waals surface area (Å²) in [6, 6.07) is 3.89. The van der Waals surface area contributed by atoms with Gasteiger partial charge in [-0.1, -0.05) is 6.42 Å². The van der Waals surface area contributed by atoms with Gasteiger partial charge in [-0.3, -0.25) is 4.79 Å². The molecule has 0 aromatic heterocycles. The molecule has 0 bridgehead atoms. The zero-order valence-electron chi connectivity index (χ0n) is 10.9. The van der Waals surface area contributed by atoms with E-state index in [9.17, 15) is 15.0 Å². The Bertz CT molecular complexity index is 422. The number of amides is 1. The van der Waals surface area contributed by atoms with Crippen LogP contribution < -0.4 is 5.32 Å². The molecule has 1 fully saturated rings. The van der Waals surface area contributed by atoms with Crippen LogP contribution in [-0.2, 0) is 0 Å². The van der Waals surface area contributed by atoms with Crippen LogP contribution in [0.2, 0.25) is 0 Å². The molecule has 1 aliphatic heterocycles. The van der Waals surface area contributed by atoms with Crippen LogP contribution in [0.3, 0.4) is 0 Å². The first-order chi connectivity index (χ1) is 9.15. The van der Waals surface area contributed by atoms with E-state index in [1.165, 1.54) is 37.5 Å². The molecule has 1 aromatic carbocycles. The van der Waals surface area contributed by atoms with Crippen molar-refractivity contribution in [2.45, 2.75) is 19.3 Å². The van der Waals surface area contributed by atoms with E-state index in [1.807, 2.05) is 0 Å². The van der Waals surface area contributed by atoms with Crippen LogP contribution in [0.4, 0.5) is 0 Å². The molecule has 19 heavy (non-hydrogen) atoms. The molecule has 1 saturated heterocycles. The molecule has 1 aliphatic rings.